The summed E-state index contributed by atoms with van der Waals surface area (Å²) in [5, 5.41) is 7.31. The van der Waals surface area contributed by atoms with Crippen molar-refractivity contribution in [3.63, 3.8) is 0 Å². The Morgan fingerprint density at radius 3 is 2.84 bits per heavy atom. The van der Waals surface area contributed by atoms with Crippen LogP contribution in [0.2, 0.25) is 10.4 Å². The quantitative estimate of drug-likeness (QED) is 0.727. The number of fused-ring (bicyclic) bond motifs is 1. The van der Waals surface area contributed by atoms with Gasteiger partial charge in [-0.05, 0) is 42.5 Å². The monoisotopic (exact) mass is 384 g/mol. The molecule has 0 amide bonds. The van der Waals surface area contributed by atoms with Gasteiger partial charge in [-0.25, -0.2) is 8.91 Å². The van der Waals surface area contributed by atoms with Gasteiger partial charge in [-0.3, -0.25) is 0 Å². The zero-order valence-corrected chi connectivity index (χ0v) is 14.6. The van der Waals surface area contributed by atoms with Crippen LogP contribution in [0.15, 0.2) is 22.8 Å². The van der Waals surface area contributed by atoms with Gasteiger partial charge in [0.05, 0.1) is 12.8 Å². The van der Waals surface area contributed by atoms with Crippen molar-refractivity contribution >= 4 is 34.5 Å². The molecule has 0 spiro atoms. The number of nitrogens with one attached hydrogen (secondary N) is 1. The highest BCUT2D eigenvalue weighted by Gasteiger charge is 2.29. The Hall–Kier alpha value is -1.83. The molecule has 4 rings (SSSR count). The molecule has 3 aromatic heterocycles. The molecule has 0 radical (unpaired) electrons. The van der Waals surface area contributed by atoms with Gasteiger partial charge < -0.3 is 14.5 Å². The first kappa shape index (κ1) is 16.6. The molecule has 1 saturated heterocycles. The van der Waals surface area contributed by atoms with Crippen molar-refractivity contribution in [3.05, 3.63) is 46.0 Å². The van der Waals surface area contributed by atoms with Crippen LogP contribution in [0.3, 0.4) is 0 Å². The second-order valence-corrected chi connectivity index (χ2v) is 6.52. The number of halogens is 3. The predicted octanol–water partition coefficient (Wildman–Crippen LogP) is 4.27. The van der Waals surface area contributed by atoms with E-state index in [1.807, 2.05) is 6.07 Å². The SMILES string of the molecule is Fc1c(C2CCOCC2)c(Cl)n2nc(Cl)nc(NCc3ccco3)c12. The van der Waals surface area contributed by atoms with Crippen molar-refractivity contribution in [2.75, 3.05) is 18.5 Å². The first-order chi connectivity index (χ1) is 12.1. The molecule has 1 aliphatic rings. The second-order valence-electron chi connectivity index (χ2n) is 5.83. The minimum Gasteiger partial charge on any atom is -0.467 e. The van der Waals surface area contributed by atoms with E-state index in [4.69, 9.17) is 32.4 Å². The topological polar surface area (TPSA) is 64.6 Å². The van der Waals surface area contributed by atoms with Crippen molar-refractivity contribution in [2.45, 2.75) is 25.3 Å². The Labute approximate surface area is 152 Å². The number of anilines is 1. The van der Waals surface area contributed by atoms with E-state index >= 15 is 4.39 Å². The Morgan fingerprint density at radius 2 is 2.12 bits per heavy atom. The van der Waals surface area contributed by atoms with Gasteiger partial charge in [-0.2, -0.15) is 4.98 Å². The normalized spacial score (nSPS) is 15.8. The molecule has 3 aromatic rings. The highest BCUT2D eigenvalue weighted by atomic mass is 35.5. The average Bonchev–Trinajstić information content (AvgIpc) is 3.21. The number of rotatable bonds is 4. The Balaban J connectivity index is 1.77. The van der Waals surface area contributed by atoms with Gasteiger partial charge in [0, 0.05) is 18.8 Å². The summed E-state index contributed by atoms with van der Waals surface area (Å²) in [6, 6.07) is 3.58. The predicted molar refractivity (Wildman–Crippen MR) is 91.8 cm³/mol. The summed E-state index contributed by atoms with van der Waals surface area (Å²) in [6.07, 6.45) is 2.99. The molecule has 4 heterocycles. The summed E-state index contributed by atoms with van der Waals surface area (Å²) < 4.78 is 27.1. The molecule has 0 bridgehead atoms. The maximum Gasteiger partial charge on any atom is 0.243 e. The third kappa shape index (κ3) is 3.07. The third-order valence-electron chi connectivity index (χ3n) is 4.31. The maximum absolute atomic E-state index is 15.2. The first-order valence-electron chi connectivity index (χ1n) is 7.92. The van der Waals surface area contributed by atoms with Gasteiger partial charge in [-0.1, -0.05) is 11.6 Å². The van der Waals surface area contributed by atoms with Gasteiger partial charge in [0.25, 0.3) is 0 Å². The van der Waals surface area contributed by atoms with Gasteiger partial charge >= 0.3 is 0 Å². The van der Waals surface area contributed by atoms with Crippen LogP contribution in [0.5, 0.6) is 0 Å². The fourth-order valence-electron chi connectivity index (χ4n) is 3.11. The van der Waals surface area contributed by atoms with Crippen LogP contribution in [-0.2, 0) is 11.3 Å². The lowest BCUT2D eigenvalue weighted by molar-refractivity contribution is 0.0847. The summed E-state index contributed by atoms with van der Waals surface area (Å²) in [7, 11) is 0. The molecule has 132 valence electrons. The van der Waals surface area contributed by atoms with Crippen molar-refractivity contribution in [1.82, 2.24) is 14.6 Å². The molecule has 1 fully saturated rings. The fraction of sp³-hybridized carbons (Fsp3) is 0.375. The largest absolute Gasteiger partial charge is 0.467 e. The van der Waals surface area contributed by atoms with Crippen LogP contribution in [0.4, 0.5) is 10.2 Å². The smallest absolute Gasteiger partial charge is 0.243 e. The molecule has 0 aromatic carbocycles. The highest BCUT2D eigenvalue weighted by molar-refractivity contribution is 6.31. The highest BCUT2D eigenvalue weighted by Crippen LogP contribution is 2.39. The number of hydrogen-bond acceptors (Lipinski definition) is 5. The fourth-order valence-corrected chi connectivity index (χ4v) is 3.63. The van der Waals surface area contributed by atoms with Gasteiger partial charge in [0.15, 0.2) is 11.6 Å². The van der Waals surface area contributed by atoms with E-state index in [2.05, 4.69) is 15.4 Å². The Kier molecular flexibility index (Phi) is 4.54. The molecule has 25 heavy (non-hydrogen) atoms. The number of ether oxygens (including phenoxy) is 1. The lowest BCUT2D eigenvalue weighted by Crippen LogP contribution is -2.14. The maximum atomic E-state index is 15.2. The summed E-state index contributed by atoms with van der Waals surface area (Å²) in [5.74, 6) is 0.528. The van der Waals surface area contributed by atoms with Crippen molar-refractivity contribution < 1.29 is 13.5 Å². The molecule has 9 heteroatoms. The van der Waals surface area contributed by atoms with Gasteiger partial charge in [0.1, 0.15) is 16.4 Å². The molecule has 0 saturated carbocycles. The van der Waals surface area contributed by atoms with E-state index in [9.17, 15) is 0 Å². The van der Waals surface area contributed by atoms with Crippen LogP contribution in [0.1, 0.15) is 30.1 Å². The Morgan fingerprint density at radius 1 is 1.32 bits per heavy atom. The van der Waals surface area contributed by atoms with Crippen LogP contribution in [0, 0.1) is 5.82 Å². The Bertz CT molecular complexity index is 892. The van der Waals surface area contributed by atoms with E-state index in [1.54, 1.807) is 12.3 Å². The van der Waals surface area contributed by atoms with Crippen molar-refractivity contribution in [3.8, 4) is 0 Å². The van der Waals surface area contributed by atoms with Crippen molar-refractivity contribution in [2.24, 2.45) is 0 Å². The second kappa shape index (κ2) is 6.82. The van der Waals surface area contributed by atoms with Crippen LogP contribution in [-0.4, -0.2) is 27.8 Å². The summed E-state index contributed by atoms with van der Waals surface area (Å²) in [5.41, 5.74) is 0.630. The zero-order chi connectivity index (χ0) is 17.4. The molecule has 1 aliphatic heterocycles. The summed E-state index contributed by atoms with van der Waals surface area (Å²) >= 11 is 12.4. The molecule has 0 aliphatic carbocycles. The minimum absolute atomic E-state index is 0.0142. The summed E-state index contributed by atoms with van der Waals surface area (Å²) in [6.45, 7) is 1.51. The average molecular weight is 385 g/mol. The molecule has 6 nitrogen and oxygen atoms in total. The van der Waals surface area contributed by atoms with Gasteiger partial charge in [0.2, 0.25) is 5.28 Å². The molecule has 0 unspecified atom stereocenters. The lowest BCUT2D eigenvalue weighted by atomic mass is 9.93. The minimum atomic E-state index is -0.421. The van der Waals surface area contributed by atoms with Gasteiger partial charge in [-0.15, -0.1) is 5.10 Å². The first-order valence-corrected chi connectivity index (χ1v) is 8.68. The molecule has 0 atom stereocenters. The standard InChI is InChI=1S/C16H15Cl2FN4O2/c17-14-11(9-3-6-24-7-4-9)12(19)13-15(21-16(18)22-23(13)14)20-8-10-2-1-5-25-10/h1-2,5,9H,3-4,6-8H2,(H,20,21,22). The van der Waals surface area contributed by atoms with E-state index in [0.717, 1.165) is 0 Å². The molecular formula is C16H15Cl2FN4O2. The zero-order valence-electron chi connectivity index (χ0n) is 13.1. The third-order valence-corrected chi connectivity index (χ3v) is 4.84. The van der Waals surface area contributed by atoms with Crippen LogP contribution < -0.4 is 5.32 Å². The summed E-state index contributed by atoms with van der Waals surface area (Å²) in [4.78, 5) is 4.12. The number of aromatic nitrogens is 3. The van der Waals surface area contributed by atoms with Crippen LogP contribution >= 0.6 is 23.2 Å². The number of hydrogen-bond donors (Lipinski definition) is 1. The lowest BCUT2D eigenvalue weighted by Gasteiger charge is -2.21. The van der Waals surface area contributed by atoms with Crippen LogP contribution in [0.25, 0.3) is 5.52 Å². The van der Waals surface area contributed by atoms with E-state index in [1.165, 1.54) is 4.52 Å². The van der Waals surface area contributed by atoms with E-state index in [0.29, 0.717) is 43.9 Å². The number of furan rings is 1. The van der Waals surface area contributed by atoms with Crippen molar-refractivity contribution in [1.29, 1.82) is 0 Å². The molecular weight excluding hydrogens is 370 g/mol. The number of nitrogens with zero attached hydrogens (tertiary/aromatic N) is 3. The van der Waals surface area contributed by atoms with E-state index < -0.39 is 5.82 Å². The molecule has 1 N–H and O–H groups in total. The van der Waals surface area contributed by atoms with E-state index in [-0.39, 0.29) is 27.7 Å².